The third kappa shape index (κ3) is 4.53. The van der Waals surface area contributed by atoms with Crippen molar-refractivity contribution in [3.8, 4) is 5.75 Å². The summed E-state index contributed by atoms with van der Waals surface area (Å²) in [6.45, 7) is 2.63. The zero-order valence-corrected chi connectivity index (χ0v) is 12.3. The molecule has 0 atom stereocenters. The van der Waals surface area contributed by atoms with E-state index in [0.717, 1.165) is 5.69 Å². The Morgan fingerprint density at radius 3 is 2.52 bits per heavy atom. The highest BCUT2D eigenvalue weighted by atomic mass is 16.5. The molecule has 2 aromatic carbocycles. The summed E-state index contributed by atoms with van der Waals surface area (Å²) in [5.41, 5.74) is 2.93. The first-order valence-corrected chi connectivity index (χ1v) is 6.92. The molecule has 2 aromatic rings. The van der Waals surface area contributed by atoms with Crippen LogP contribution in [0.5, 0.6) is 5.75 Å². The Morgan fingerprint density at radius 2 is 1.81 bits per heavy atom. The van der Waals surface area contributed by atoms with Gasteiger partial charge in [0.15, 0.2) is 0 Å². The predicted octanol–water partition coefficient (Wildman–Crippen LogP) is 3.44. The third-order valence-corrected chi connectivity index (χ3v) is 3.11. The van der Waals surface area contributed by atoms with E-state index >= 15 is 0 Å². The molecule has 0 unspecified atom stereocenters. The number of aryl methyl sites for hydroxylation is 1. The fourth-order valence-corrected chi connectivity index (χ4v) is 1.95. The molecule has 4 heteroatoms. The minimum absolute atomic E-state index is 0.0425. The lowest BCUT2D eigenvalue weighted by Crippen LogP contribution is -2.16. The summed E-state index contributed by atoms with van der Waals surface area (Å²) in [7, 11) is 1.59. The lowest BCUT2D eigenvalue weighted by atomic mass is 10.2. The van der Waals surface area contributed by atoms with Crippen molar-refractivity contribution in [1.82, 2.24) is 0 Å². The molecular formula is C17H20N2O2. The lowest BCUT2D eigenvalue weighted by molar-refractivity contribution is -0.115. The van der Waals surface area contributed by atoms with Gasteiger partial charge in [-0.05, 0) is 31.2 Å². The maximum Gasteiger partial charge on any atom is 0.226 e. The van der Waals surface area contributed by atoms with Gasteiger partial charge < -0.3 is 15.4 Å². The Balaban J connectivity index is 1.81. The molecule has 0 bridgehead atoms. The van der Waals surface area contributed by atoms with Gasteiger partial charge in [-0.3, -0.25) is 4.79 Å². The lowest BCUT2D eigenvalue weighted by Gasteiger charge is -2.10. The smallest absolute Gasteiger partial charge is 0.226 e. The molecule has 110 valence electrons. The molecule has 2 rings (SSSR count). The number of amides is 1. The van der Waals surface area contributed by atoms with Gasteiger partial charge >= 0.3 is 0 Å². The minimum Gasteiger partial charge on any atom is -0.495 e. The summed E-state index contributed by atoms with van der Waals surface area (Å²) in [5, 5.41) is 6.08. The normalized spacial score (nSPS) is 10.0. The summed E-state index contributed by atoms with van der Waals surface area (Å²) in [6, 6.07) is 15.5. The monoisotopic (exact) mass is 284 g/mol. The maximum atomic E-state index is 11.9. The predicted molar refractivity (Wildman–Crippen MR) is 85.9 cm³/mol. The Bertz CT molecular complexity index is 594. The van der Waals surface area contributed by atoms with E-state index in [1.165, 1.54) is 5.56 Å². The van der Waals surface area contributed by atoms with Crippen LogP contribution in [0, 0.1) is 6.92 Å². The van der Waals surface area contributed by atoms with Gasteiger partial charge in [-0.25, -0.2) is 0 Å². The number of hydrogen-bond acceptors (Lipinski definition) is 3. The molecule has 2 N–H and O–H groups in total. The number of carbonyl (C=O) groups is 1. The van der Waals surface area contributed by atoms with Crippen LogP contribution in [0.4, 0.5) is 11.4 Å². The van der Waals surface area contributed by atoms with Gasteiger partial charge in [-0.2, -0.15) is 0 Å². The summed E-state index contributed by atoms with van der Waals surface area (Å²) in [5.74, 6) is 0.622. The van der Waals surface area contributed by atoms with Crippen LogP contribution in [0.3, 0.4) is 0 Å². The molecule has 0 aliphatic heterocycles. The van der Waals surface area contributed by atoms with Gasteiger partial charge in [0.05, 0.1) is 12.8 Å². The fourth-order valence-electron chi connectivity index (χ4n) is 1.95. The number of carbonyl (C=O) groups excluding carboxylic acids is 1. The van der Waals surface area contributed by atoms with E-state index in [0.29, 0.717) is 24.4 Å². The number of ether oxygens (including phenoxy) is 1. The number of methoxy groups -OCH3 is 1. The van der Waals surface area contributed by atoms with E-state index in [1.807, 2.05) is 55.5 Å². The highest BCUT2D eigenvalue weighted by Gasteiger charge is 2.06. The molecule has 21 heavy (non-hydrogen) atoms. The van der Waals surface area contributed by atoms with Gasteiger partial charge in [0.2, 0.25) is 5.91 Å². The summed E-state index contributed by atoms with van der Waals surface area (Å²) in [6.07, 6.45) is 0.395. The van der Waals surface area contributed by atoms with Crippen molar-refractivity contribution >= 4 is 17.3 Å². The van der Waals surface area contributed by atoms with Gasteiger partial charge in [0, 0.05) is 18.7 Å². The van der Waals surface area contributed by atoms with Gasteiger partial charge in [0.1, 0.15) is 5.75 Å². The van der Waals surface area contributed by atoms with Crippen LogP contribution in [0.2, 0.25) is 0 Å². The Labute approximate surface area is 125 Å². The average molecular weight is 284 g/mol. The van der Waals surface area contributed by atoms with E-state index in [9.17, 15) is 4.79 Å². The molecule has 0 aliphatic rings. The second kappa shape index (κ2) is 7.33. The topological polar surface area (TPSA) is 50.4 Å². The first kappa shape index (κ1) is 14.9. The van der Waals surface area contributed by atoms with Crippen LogP contribution in [-0.4, -0.2) is 19.6 Å². The van der Waals surface area contributed by atoms with Crippen LogP contribution in [0.1, 0.15) is 12.0 Å². The van der Waals surface area contributed by atoms with Crippen molar-refractivity contribution in [2.45, 2.75) is 13.3 Å². The first-order chi connectivity index (χ1) is 10.2. The number of nitrogens with one attached hydrogen (secondary N) is 2. The molecule has 1 amide bonds. The van der Waals surface area contributed by atoms with E-state index in [1.54, 1.807) is 7.11 Å². The number of anilines is 2. The fraction of sp³-hybridized carbons (Fsp3) is 0.235. The molecule has 0 fully saturated rings. The third-order valence-electron chi connectivity index (χ3n) is 3.11. The molecular weight excluding hydrogens is 264 g/mol. The van der Waals surface area contributed by atoms with Crippen LogP contribution in [0.25, 0.3) is 0 Å². The second-order valence-corrected chi connectivity index (χ2v) is 4.79. The Hall–Kier alpha value is -2.49. The van der Waals surface area contributed by atoms with Gasteiger partial charge in [0.25, 0.3) is 0 Å². The quantitative estimate of drug-likeness (QED) is 0.854. The number of benzene rings is 2. The molecule has 0 saturated heterocycles. The van der Waals surface area contributed by atoms with E-state index < -0.39 is 0 Å². The Kier molecular flexibility index (Phi) is 5.21. The average Bonchev–Trinajstić information content (AvgIpc) is 2.50. The largest absolute Gasteiger partial charge is 0.495 e. The van der Waals surface area contributed by atoms with E-state index in [-0.39, 0.29) is 5.91 Å². The molecule has 4 nitrogen and oxygen atoms in total. The second-order valence-electron chi connectivity index (χ2n) is 4.79. The maximum absolute atomic E-state index is 11.9. The zero-order valence-electron chi connectivity index (χ0n) is 12.3. The summed E-state index contributed by atoms with van der Waals surface area (Å²) in [4.78, 5) is 11.9. The highest BCUT2D eigenvalue weighted by Crippen LogP contribution is 2.23. The van der Waals surface area contributed by atoms with Crippen molar-refractivity contribution in [1.29, 1.82) is 0 Å². The molecule has 0 aliphatic carbocycles. The van der Waals surface area contributed by atoms with E-state index in [2.05, 4.69) is 10.6 Å². The van der Waals surface area contributed by atoms with Crippen LogP contribution >= 0.6 is 0 Å². The van der Waals surface area contributed by atoms with Crippen molar-refractivity contribution in [3.63, 3.8) is 0 Å². The summed E-state index contributed by atoms with van der Waals surface area (Å²) >= 11 is 0. The molecule has 0 saturated carbocycles. The zero-order chi connectivity index (χ0) is 15.1. The number of para-hydroxylation sites is 2. The molecule has 0 heterocycles. The standard InChI is InChI=1S/C17H20N2O2/c1-13-7-9-14(10-8-13)18-12-11-17(20)19-15-5-3-4-6-16(15)21-2/h3-10,18H,11-12H2,1-2H3,(H,19,20). The van der Waals surface area contributed by atoms with Gasteiger partial charge in [-0.15, -0.1) is 0 Å². The molecule has 0 spiro atoms. The van der Waals surface area contributed by atoms with Crippen molar-refractivity contribution < 1.29 is 9.53 Å². The first-order valence-electron chi connectivity index (χ1n) is 6.92. The highest BCUT2D eigenvalue weighted by molar-refractivity contribution is 5.92. The molecule has 0 radical (unpaired) electrons. The van der Waals surface area contributed by atoms with Gasteiger partial charge in [-0.1, -0.05) is 29.8 Å². The minimum atomic E-state index is -0.0425. The van der Waals surface area contributed by atoms with Crippen molar-refractivity contribution in [2.24, 2.45) is 0 Å². The van der Waals surface area contributed by atoms with Crippen molar-refractivity contribution in [3.05, 3.63) is 54.1 Å². The van der Waals surface area contributed by atoms with Crippen LogP contribution in [0.15, 0.2) is 48.5 Å². The SMILES string of the molecule is COc1ccccc1NC(=O)CCNc1ccc(C)cc1. The van der Waals surface area contributed by atoms with E-state index in [4.69, 9.17) is 4.74 Å². The molecule has 0 aromatic heterocycles. The number of hydrogen-bond donors (Lipinski definition) is 2. The van der Waals surface area contributed by atoms with Crippen LogP contribution in [-0.2, 0) is 4.79 Å². The Morgan fingerprint density at radius 1 is 1.10 bits per heavy atom. The van der Waals surface area contributed by atoms with Crippen LogP contribution < -0.4 is 15.4 Å². The van der Waals surface area contributed by atoms with Crippen molar-refractivity contribution in [2.75, 3.05) is 24.3 Å². The number of rotatable bonds is 6. The summed E-state index contributed by atoms with van der Waals surface area (Å²) < 4.78 is 5.20.